The van der Waals surface area contributed by atoms with Gasteiger partial charge in [0.25, 0.3) is 0 Å². The van der Waals surface area contributed by atoms with Gasteiger partial charge in [0.1, 0.15) is 0 Å². The Morgan fingerprint density at radius 2 is 1.76 bits per heavy atom. The van der Waals surface area contributed by atoms with Crippen LogP contribution in [0.15, 0.2) is 54.7 Å². The van der Waals surface area contributed by atoms with Crippen molar-refractivity contribution in [2.75, 3.05) is 0 Å². The van der Waals surface area contributed by atoms with E-state index < -0.39 is 5.97 Å². The molecule has 2 N–H and O–H groups in total. The normalized spacial score (nSPS) is 13.7. The summed E-state index contributed by atoms with van der Waals surface area (Å²) in [6.07, 6.45) is 2.58. The molecule has 1 heterocycles. The Labute approximate surface area is 121 Å². The van der Waals surface area contributed by atoms with Crippen LogP contribution in [0.1, 0.15) is 16.7 Å². The summed E-state index contributed by atoms with van der Waals surface area (Å²) in [7, 11) is 0. The summed E-state index contributed by atoms with van der Waals surface area (Å²) in [5.41, 5.74) is 5.25. The van der Waals surface area contributed by atoms with Gasteiger partial charge in [0.2, 0.25) is 0 Å². The number of aromatic amines is 1. The van der Waals surface area contributed by atoms with Crippen LogP contribution in [0.2, 0.25) is 0 Å². The fraction of sp³-hybridized carbons (Fsp3) is 0.0556. The molecule has 1 aromatic heterocycles. The molecule has 4 rings (SSSR count). The minimum Gasteiger partial charge on any atom is -0.478 e. The molecule has 0 aliphatic heterocycles. The highest BCUT2D eigenvalue weighted by atomic mass is 16.4. The number of carboxylic acids is 1. The third kappa shape index (κ3) is 1.71. The van der Waals surface area contributed by atoms with Crippen molar-refractivity contribution < 1.29 is 9.90 Å². The molecule has 2 aromatic carbocycles. The van der Waals surface area contributed by atoms with Gasteiger partial charge in [-0.2, -0.15) is 0 Å². The molecule has 1 aliphatic carbocycles. The van der Waals surface area contributed by atoms with Crippen LogP contribution in [0.25, 0.3) is 22.0 Å². The Kier molecular flexibility index (Phi) is 2.48. The lowest BCUT2D eigenvalue weighted by molar-refractivity contribution is -0.130. The molecule has 0 atom stereocenters. The van der Waals surface area contributed by atoms with Crippen molar-refractivity contribution in [3.05, 3.63) is 71.4 Å². The Hall–Kier alpha value is -2.81. The number of carbonyl (C=O) groups is 1. The van der Waals surface area contributed by atoms with Gasteiger partial charge >= 0.3 is 5.97 Å². The predicted octanol–water partition coefficient (Wildman–Crippen LogP) is 3.72. The number of hydrogen-bond acceptors (Lipinski definition) is 1. The van der Waals surface area contributed by atoms with Gasteiger partial charge in [0.05, 0.1) is 5.57 Å². The molecule has 0 saturated carbocycles. The number of hydrogen-bond donors (Lipinski definition) is 2. The van der Waals surface area contributed by atoms with Crippen molar-refractivity contribution in [3.63, 3.8) is 0 Å². The maximum Gasteiger partial charge on any atom is 0.336 e. The Bertz CT molecular complexity index is 902. The van der Waals surface area contributed by atoms with E-state index in [-0.39, 0.29) is 0 Å². The van der Waals surface area contributed by atoms with E-state index >= 15 is 0 Å². The summed E-state index contributed by atoms with van der Waals surface area (Å²) in [5, 5.41) is 10.7. The van der Waals surface area contributed by atoms with E-state index in [2.05, 4.69) is 4.98 Å². The van der Waals surface area contributed by atoms with E-state index in [9.17, 15) is 9.90 Å². The highest BCUT2D eigenvalue weighted by molar-refractivity contribution is 6.27. The van der Waals surface area contributed by atoms with E-state index in [0.717, 1.165) is 33.2 Å². The van der Waals surface area contributed by atoms with Gasteiger partial charge in [-0.3, -0.25) is 0 Å². The Morgan fingerprint density at radius 1 is 1.00 bits per heavy atom. The zero-order valence-corrected chi connectivity index (χ0v) is 11.3. The number of aromatic nitrogens is 1. The van der Waals surface area contributed by atoms with Crippen LogP contribution in [0, 0.1) is 0 Å². The third-order valence-electron chi connectivity index (χ3n) is 4.08. The van der Waals surface area contributed by atoms with Gasteiger partial charge < -0.3 is 10.1 Å². The third-order valence-corrected chi connectivity index (χ3v) is 4.08. The molecule has 0 radical (unpaired) electrons. The maximum absolute atomic E-state index is 11.7. The zero-order chi connectivity index (χ0) is 14.4. The molecular weight excluding hydrogens is 262 g/mol. The number of H-pyrrole nitrogens is 1. The SMILES string of the molecule is O=C(O)C1=C(c2c[nH]c3ccccc23)Cc2ccccc21. The molecule has 0 bridgehead atoms. The second-order valence-corrected chi connectivity index (χ2v) is 5.24. The molecule has 0 spiro atoms. The van der Waals surface area contributed by atoms with Crippen LogP contribution in [-0.2, 0) is 11.2 Å². The van der Waals surface area contributed by atoms with Crippen LogP contribution in [0.4, 0.5) is 0 Å². The lowest BCUT2D eigenvalue weighted by Gasteiger charge is -2.03. The largest absolute Gasteiger partial charge is 0.478 e. The summed E-state index contributed by atoms with van der Waals surface area (Å²) in [5.74, 6) is -0.861. The lowest BCUT2D eigenvalue weighted by atomic mass is 10.00. The van der Waals surface area contributed by atoms with Crippen LogP contribution >= 0.6 is 0 Å². The number of nitrogens with one attached hydrogen (secondary N) is 1. The Balaban J connectivity index is 1.99. The van der Waals surface area contributed by atoms with Gasteiger partial charge in [-0.1, -0.05) is 42.5 Å². The van der Waals surface area contributed by atoms with Crippen molar-refractivity contribution in [1.29, 1.82) is 0 Å². The van der Waals surface area contributed by atoms with E-state index in [1.54, 1.807) is 0 Å². The minimum atomic E-state index is -0.861. The second-order valence-electron chi connectivity index (χ2n) is 5.24. The summed E-state index contributed by atoms with van der Waals surface area (Å²) in [6, 6.07) is 15.7. The van der Waals surface area contributed by atoms with Crippen molar-refractivity contribution in [2.45, 2.75) is 6.42 Å². The minimum absolute atomic E-state index is 0.426. The summed E-state index contributed by atoms with van der Waals surface area (Å²) < 4.78 is 0. The molecule has 0 amide bonds. The van der Waals surface area contributed by atoms with E-state index in [1.807, 2.05) is 54.7 Å². The van der Waals surface area contributed by atoms with Crippen molar-refractivity contribution in [3.8, 4) is 0 Å². The smallest absolute Gasteiger partial charge is 0.336 e. The standard InChI is InChI=1S/C18H13NO2/c20-18(21)17-12-6-2-1-5-11(12)9-14(17)15-10-19-16-8-4-3-7-13(15)16/h1-8,10,19H,9H2,(H,20,21). The van der Waals surface area contributed by atoms with Gasteiger partial charge in [0, 0.05) is 22.7 Å². The first-order chi connectivity index (χ1) is 10.3. The van der Waals surface area contributed by atoms with Crippen molar-refractivity contribution in [2.24, 2.45) is 0 Å². The first-order valence-corrected chi connectivity index (χ1v) is 6.87. The van der Waals surface area contributed by atoms with Crippen LogP contribution in [0.5, 0.6) is 0 Å². The number of allylic oxidation sites excluding steroid dienone is 1. The number of fused-ring (bicyclic) bond motifs is 2. The molecular formula is C18H13NO2. The molecule has 3 aromatic rings. The molecule has 0 fully saturated rings. The molecule has 3 nitrogen and oxygen atoms in total. The first kappa shape index (κ1) is 12.0. The molecule has 0 unspecified atom stereocenters. The summed E-state index contributed by atoms with van der Waals surface area (Å²) in [4.78, 5) is 15.0. The summed E-state index contributed by atoms with van der Waals surface area (Å²) in [6.45, 7) is 0. The predicted molar refractivity (Wildman–Crippen MR) is 82.9 cm³/mol. The van der Waals surface area contributed by atoms with E-state index in [0.29, 0.717) is 12.0 Å². The quantitative estimate of drug-likeness (QED) is 0.749. The Morgan fingerprint density at radius 3 is 2.62 bits per heavy atom. The first-order valence-electron chi connectivity index (χ1n) is 6.87. The fourth-order valence-corrected chi connectivity index (χ4v) is 3.16. The van der Waals surface area contributed by atoms with E-state index in [1.165, 1.54) is 0 Å². The maximum atomic E-state index is 11.7. The highest BCUT2D eigenvalue weighted by Crippen LogP contribution is 2.40. The van der Waals surface area contributed by atoms with Crippen molar-refractivity contribution >= 4 is 28.0 Å². The molecule has 0 saturated heterocycles. The lowest BCUT2D eigenvalue weighted by Crippen LogP contribution is -1.99. The number of rotatable bonds is 2. The summed E-state index contributed by atoms with van der Waals surface area (Å²) >= 11 is 0. The van der Waals surface area contributed by atoms with Gasteiger partial charge in [-0.25, -0.2) is 4.79 Å². The van der Waals surface area contributed by atoms with Gasteiger partial charge in [-0.05, 0) is 29.2 Å². The monoisotopic (exact) mass is 275 g/mol. The topological polar surface area (TPSA) is 53.1 Å². The number of benzene rings is 2. The van der Waals surface area contributed by atoms with Crippen LogP contribution in [0.3, 0.4) is 0 Å². The number of aliphatic carboxylic acids is 1. The number of para-hydroxylation sites is 1. The average Bonchev–Trinajstić information content (AvgIpc) is 3.08. The average molecular weight is 275 g/mol. The number of carboxylic acid groups (broad SMARTS) is 1. The molecule has 1 aliphatic rings. The van der Waals surface area contributed by atoms with Crippen molar-refractivity contribution in [1.82, 2.24) is 4.98 Å². The highest BCUT2D eigenvalue weighted by Gasteiger charge is 2.28. The molecule has 3 heteroatoms. The van der Waals surface area contributed by atoms with Crippen LogP contribution in [-0.4, -0.2) is 16.1 Å². The molecule has 102 valence electrons. The second kappa shape index (κ2) is 4.35. The zero-order valence-electron chi connectivity index (χ0n) is 11.3. The van der Waals surface area contributed by atoms with Gasteiger partial charge in [0.15, 0.2) is 0 Å². The van der Waals surface area contributed by atoms with Crippen LogP contribution < -0.4 is 0 Å². The molecule has 21 heavy (non-hydrogen) atoms. The van der Waals surface area contributed by atoms with E-state index in [4.69, 9.17) is 0 Å². The fourth-order valence-electron chi connectivity index (χ4n) is 3.16. The van der Waals surface area contributed by atoms with Gasteiger partial charge in [-0.15, -0.1) is 0 Å².